The van der Waals surface area contributed by atoms with Crippen molar-refractivity contribution in [2.24, 2.45) is 0 Å². The molecular weight excluding hydrogens is 291 g/mol. The van der Waals surface area contributed by atoms with E-state index in [-0.39, 0.29) is 30.3 Å². The second-order valence-corrected chi connectivity index (χ2v) is 4.33. The van der Waals surface area contributed by atoms with E-state index in [0.29, 0.717) is 5.75 Å². The summed E-state index contributed by atoms with van der Waals surface area (Å²) in [7, 11) is 1.41. The molecule has 6 nitrogen and oxygen atoms in total. The van der Waals surface area contributed by atoms with Gasteiger partial charge >= 0.3 is 0 Å². The van der Waals surface area contributed by atoms with E-state index in [4.69, 9.17) is 9.15 Å². The molecule has 2 amide bonds. The minimum absolute atomic E-state index is 0.0850. The van der Waals surface area contributed by atoms with Gasteiger partial charge in [0.2, 0.25) is 0 Å². The number of amides is 2. The summed E-state index contributed by atoms with van der Waals surface area (Å²) >= 11 is 0. The van der Waals surface area contributed by atoms with Gasteiger partial charge in [-0.15, -0.1) is 0 Å². The molecular formula is C15H15FN2O4. The number of nitrogens with one attached hydrogen (secondary N) is 2. The molecule has 2 aromatic rings. The van der Waals surface area contributed by atoms with E-state index < -0.39 is 11.7 Å². The Morgan fingerprint density at radius 3 is 2.50 bits per heavy atom. The molecule has 2 N–H and O–H groups in total. The van der Waals surface area contributed by atoms with E-state index >= 15 is 0 Å². The first-order chi connectivity index (χ1) is 10.6. The average Bonchev–Trinajstić information content (AvgIpc) is 3.05. The maximum Gasteiger partial charge on any atom is 0.287 e. The zero-order valence-corrected chi connectivity index (χ0v) is 11.9. The van der Waals surface area contributed by atoms with E-state index in [1.54, 1.807) is 6.07 Å². The number of furan rings is 1. The lowest BCUT2D eigenvalue weighted by Crippen LogP contribution is -2.34. The fourth-order valence-electron chi connectivity index (χ4n) is 1.75. The lowest BCUT2D eigenvalue weighted by Gasteiger charge is -2.08. The Morgan fingerprint density at radius 1 is 1.18 bits per heavy atom. The predicted molar refractivity (Wildman–Crippen MR) is 76.3 cm³/mol. The van der Waals surface area contributed by atoms with Crippen LogP contribution in [0, 0.1) is 5.82 Å². The maximum atomic E-state index is 13.7. The third-order valence-corrected chi connectivity index (χ3v) is 2.86. The molecule has 116 valence electrons. The Hall–Kier alpha value is -2.83. The summed E-state index contributed by atoms with van der Waals surface area (Å²) < 4.78 is 23.5. The first-order valence-corrected chi connectivity index (χ1v) is 6.55. The van der Waals surface area contributed by atoms with Crippen molar-refractivity contribution in [3.8, 4) is 5.75 Å². The fraction of sp³-hybridized carbons (Fsp3) is 0.200. The second-order valence-electron chi connectivity index (χ2n) is 4.33. The fourth-order valence-corrected chi connectivity index (χ4v) is 1.75. The van der Waals surface area contributed by atoms with Gasteiger partial charge in [-0.25, -0.2) is 4.39 Å². The minimum Gasteiger partial charge on any atom is -0.497 e. The number of benzene rings is 1. The van der Waals surface area contributed by atoms with Crippen LogP contribution < -0.4 is 15.4 Å². The summed E-state index contributed by atoms with van der Waals surface area (Å²) in [6.45, 7) is 0.361. The average molecular weight is 306 g/mol. The SMILES string of the molecule is COc1ccc(C(=O)NCCNC(=O)c2ccco2)c(F)c1. The molecule has 1 aromatic carbocycles. The second kappa shape index (κ2) is 7.26. The van der Waals surface area contributed by atoms with Gasteiger partial charge in [-0.05, 0) is 24.3 Å². The van der Waals surface area contributed by atoms with Crippen molar-refractivity contribution in [1.29, 1.82) is 0 Å². The summed E-state index contributed by atoms with van der Waals surface area (Å²) in [6, 6.07) is 7.10. The van der Waals surface area contributed by atoms with Gasteiger partial charge in [0, 0.05) is 19.2 Å². The quantitative estimate of drug-likeness (QED) is 0.794. The highest BCUT2D eigenvalue weighted by atomic mass is 19.1. The van der Waals surface area contributed by atoms with Crippen molar-refractivity contribution in [2.75, 3.05) is 20.2 Å². The molecule has 2 rings (SSSR count). The number of rotatable bonds is 6. The van der Waals surface area contributed by atoms with Crippen LogP contribution in [0.15, 0.2) is 41.0 Å². The Labute approximate surface area is 126 Å². The van der Waals surface area contributed by atoms with Crippen LogP contribution >= 0.6 is 0 Å². The van der Waals surface area contributed by atoms with Gasteiger partial charge < -0.3 is 19.8 Å². The number of hydrogen-bond donors (Lipinski definition) is 2. The maximum absolute atomic E-state index is 13.7. The molecule has 0 atom stereocenters. The van der Waals surface area contributed by atoms with Gasteiger partial charge in [0.05, 0.1) is 18.9 Å². The van der Waals surface area contributed by atoms with Gasteiger partial charge in [-0.3, -0.25) is 9.59 Å². The van der Waals surface area contributed by atoms with Crippen molar-refractivity contribution in [3.63, 3.8) is 0 Å². The summed E-state index contributed by atoms with van der Waals surface area (Å²) in [5.41, 5.74) is -0.0850. The summed E-state index contributed by atoms with van der Waals surface area (Å²) in [4.78, 5) is 23.4. The van der Waals surface area contributed by atoms with Gasteiger partial charge in [0.1, 0.15) is 11.6 Å². The zero-order chi connectivity index (χ0) is 15.9. The molecule has 0 bridgehead atoms. The smallest absolute Gasteiger partial charge is 0.287 e. The first kappa shape index (κ1) is 15.6. The van der Waals surface area contributed by atoms with Crippen molar-refractivity contribution in [3.05, 3.63) is 53.7 Å². The largest absolute Gasteiger partial charge is 0.497 e. The van der Waals surface area contributed by atoms with Crippen LogP contribution in [0.25, 0.3) is 0 Å². The number of ether oxygens (including phenoxy) is 1. The summed E-state index contributed by atoms with van der Waals surface area (Å²) in [5.74, 6) is -1.09. The van der Waals surface area contributed by atoms with E-state index in [1.165, 1.54) is 31.6 Å². The van der Waals surface area contributed by atoms with Gasteiger partial charge in [0.15, 0.2) is 5.76 Å². The third kappa shape index (κ3) is 3.85. The standard InChI is InChI=1S/C15H15FN2O4/c1-21-10-4-5-11(12(16)9-10)14(19)17-6-7-18-15(20)13-3-2-8-22-13/h2-5,8-9H,6-7H2,1H3,(H,17,19)(H,18,20). The van der Waals surface area contributed by atoms with Gasteiger partial charge in [-0.1, -0.05) is 0 Å². The summed E-state index contributed by atoms with van der Waals surface area (Å²) in [5, 5.41) is 5.08. The molecule has 0 saturated carbocycles. The monoisotopic (exact) mass is 306 g/mol. The Morgan fingerprint density at radius 2 is 1.91 bits per heavy atom. The number of halogens is 1. The molecule has 7 heteroatoms. The minimum atomic E-state index is -0.670. The molecule has 1 aromatic heterocycles. The van der Waals surface area contributed by atoms with E-state index in [1.807, 2.05) is 0 Å². The first-order valence-electron chi connectivity index (χ1n) is 6.55. The topological polar surface area (TPSA) is 80.6 Å². The van der Waals surface area contributed by atoms with Crippen molar-refractivity contribution in [2.45, 2.75) is 0 Å². The summed E-state index contributed by atoms with van der Waals surface area (Å²) in [6.07, 6.45) is 1.39. The van der Waals surface area contributed by atoms with Crippen LogP contribution in [0.4, 0.5) is 4.39 Å². The lowest BCUT2D eigenvalue weighted by atomic mass is 10.2. The third-order valence-electron chi connectivity index (χ3n) is 2.86. The molecule has 0 aliphatic carbocycles. The molecule has 0 radical (unpaired) electrons. The molecule has 0 saturated heterocycles. The van der Waals surface area contributed by atoms with Crippen molar-refractivity contribution >= 4 is 11.8 Å². The lowest BCUT2D eigenvalue weighted by molar-refractivity contribution is 0.0909. The molecule has 0 fully saturated rings. The predicted octanol–water partition coefficient (Wildman–Crippen LogP) is 1.59. The van der Waals surface area contributed by atoms with Crippen LogP contribution in [-0.4, -0.2) is 32.0 Å². The molecule has 0 spiro atoms. The number of carbonyl (C=O) groups is 2. The van der Waals surface area contributed by atoms with Crippen molar-refractivity contribution in [1.82, 2.24) is 10.6 Å². The normalized spacial score (nSPS) is 10.1. The van der Waals surface area contributed by atoms with Crippen LogP contribution in [0.2, 0.25) is 0 Å². The molecule has 0 aliphatic heterocycles. The van der Waals surface area contributed by atoms with Crippen LogP contribution in [-0.2, 0) is 0 Å². The number of carbonyl (C=O) groups excluding carboxylic acids is 2. The highest BCUT2D eigenvalue weighted by Gasteiger charge is 2.12. The van der Waals surface area contributed by atoms with Crippen LogP contribution in [0.3, 0.4) is 0 Å². The van der Waals surface area contributed by atoms with E-state index in [9.17, 15) is 14.0 Å². The molecule has 0 aliphatic rings. The van der Waals surface area contributed by atoms with Gasteiger partial charge in [-0.2, -0.15) is 0 Å². The van der Waals surface area contributed by atoms with Gasteiger partial charge in [0.25, 0.3) is 11.8 Å². The van der Waals surface area contributed by atoms with Crippen LogP contribution in [0.5, 0.6) is 5.75 Å². The molecule has 0 unspecified atom stereocenters. The number of hydrogen-bond acceptors (Lipinski definition) is 4. The van der Waals surface area contributed by atoms with E-state index in [0.717, 1.165) is 6.07 Å². The number of methoxy groups -OCH3 is 1. The molecule has 1 heterocycles. The Kier molecular flexibility index (Phi) is 5.13. The highest BCUT2D eigenvalue weighted by molar-refractivity contribution is 5.94. The Bertz CT molecular complexity index is 656. The van der Waals surface area contributed by atoms with Crippen LogP contribution in [0.1, 0.15) is 20.9 Å². The zero-order valence-electron chi connectivity index (χ0n) is 11.9. The highest BCUT2D eigenvalue weighted by Crippen LogP contribution is 2.15. The molecule has 22 heavy (non-hydrogen) atoms. The Balaban J connectivity index is 1.79. The van der Waals surface area contributed by atoms with E-state index in [2.05, 4.69) is 10.6 Å². The van der Waals surface area contributed by atoms with Crippen molar-refractivity contribution < 1.29 is 23.1 Å².